The molecule has 6 heteroatoms. The smallest absolute Gasteiger partial charge is 0.314 e. The zero-order valence-corrected chi connectivity index (χ0v) is 10.9. The molecule has 1 N–H and O–H groups in total. The van der Waals surface area contributed by atoms with Gasteiger partial charge in [-0.2, -0.15) is 0 Å². The van der Waals surface area contributed by atoms with Gasteiger partial charge in [0.25, 0.3) is 0 Å². The molecule has 0 amide bonds. The number of halogens is 2. The highest BCUT2D eigenvalue weighted by Gasteiger charge is 2.50. The topological polar surface area (TPSA) is 55.8 Å². The average Bonchev–Trinajstić information content (AvgIpc) is 2.68. The van der Waals surface area contributed by atoms with Crippen LogP contribution in [0, 0.1) is 5.82 Å². The molecule has 2 aliphatic rings. The minimum Gasteiger partial charge on any atom is -0.481 e. The van der Waals surface area contributed by atoms with E-state index in [1.807, 2.05) is 0 Å². The molecule has 1 aromatic rings. The number of carboxylic acid groups (broad SMARTS) is 1. The lowest BCUT2D eigenvalue weighted by molar-refractivity contribution is -0.147. The third kappa shape index (κ3) is 1.38. The Kier molecular flexibility index (Phi) is 2.52. The number of carbonyl (C=O) groups is 1. The van der Waals surface area contributed by atoms with Crippen LogP contribution in [0.1, 0.15) is 24.8 Å². The summed E-state index contributed by atoms with van der Waals surface area (Å²) in [6.45, 7) is -0.0395. The van der Waals surface area contributed by atoms with Crippen molar-refractivity contribution in [2.75, 3.05) is 6.79 Å². The van der Waals surface area contributed by atoms with E-state index >= 15 is 0 Å². The van der Waals surface area contributed by atoms with E-state index < -0.39 is 17.2 Å². The predicted molar refractivity (Wildman–Crippen MR) is 63.4 cm³/mol. The zero-order valence-electron chi connectivity index (χ0n) is 9.33. The third-order valence-corrected chi connectivity index (χ3v) is 4.28. The molecular formula is C12H10BrFO4. The van der Waals surface area contributed by atoms with Crippen LogP contribution in [0.3, 0.4) is 0 Å². The summed E-state index contributed by atoms with van der Waals surface area (Å²) in [7, 11) is 0. The van der Waals surface area contributed by atoms with Crippen molar-refractivity contribution in [3.8, 4) is 11.5 Å². The van der Waals surface area contributed by atoms with Gasteiger partial charge in [-0.1, -0.05) is 22.4 Å². The van der Waals surface area contributed by atoms with E-state index in [1.165, 1.54) is 0 Å². The van der Waals surface area contributed by atoms with Crippen molar-refractivity contribution >= 4 is 21.9 Å². The second-order valence-corrected chi connectivity index (χ2v) is 5.38. The summed E-state index contributed by atoms with van der Waals surface area (Å²) in [5.41, 5.74) is -0.963. The molecule has 0 aromatic heterocycles. The SMILES string of the molecule is O=C(O)C1(c2c(Br)cc3c(c2F)OCO3)CCC1. The Bertz CT molecular complexity index is 539. The van der Waals surface area contributed by atoms with Crippen molar-refractivity contribution < 1.29 is 23.8 Å². The molecule has 1 aliphatic carbocycles. The van der Waals surface area contributed by atoms with Crippen LogP contribution >= 0.6 is 15.9 Å². The van der Waals surface area contributed by atoms with Gasteiger partial charge in [-0.3, -0.25) is 4.79 Å². The van der Waals surface area contributed by atoms with Crippen molar-refractivity contribution in [3.63, 3.8) is 0 Å². The summed E-state index contributed by atoms with van der Waals surface area (Å²) in [6.07, 6.45) is 1.67. The highest BCUT2D eigenvalue weighted by Crippen LogP contribution is 2.51. The maximum absolute atomic E-state index is 14.4. The first-order valence-electron chi connectivity index (χ1n) is 5.58. The van der Waals surface area contributed by atoms with Gasteiger partial charge in [-0.15, -0.1) is 0 Å². The number of carboxylic acids is 1. The lowest BCUT2D eigenvalue weighted by Gasteiger charge is -2.38. The van der Waals surface area contributed by atoms with Crippen molar-refractivity contribution in [1.29, 1.82) is 0 Å². The van der Waals surface area contributed by atoms with Crippen LogP contribution in [-0.4, -0.2) is 17.9 Å². The van der Waals surface area contributed by atoms with Crippen molar-refractivity contribution in [3.05, 3.63) is 21.9 Å². The molecule has 1 heterocycles. The van der Waals surface area contributed by atoms with Gasteiger partial charge in [0.15, 0.2) is 11.6 Å². The molecule has 4 nitrogen and oxygen atoms in total. The highest BCUT2D eigenvalue weighted by atomic mass is 79.9. The first-order chi connectivity index (χ1) is 8.56. The van der Waals surface area contributed by atoms with Crippen LogP contribution in [-0.2, 0) is 10.2 Å². The van der Waals surface area contributed by atoms with E-state index in [0.717, 1.165) is 6.42 Å². The first kappa shape index (κ1) is 11.8. The average molecular weight is 317 g/mol. The Morgan fingerprint density at radius 3 is 2.72 bits per heavy atom. The third-order valence-electron chi connectivity index (χ3n) is 3.65. The second kappa shape index (κ2) is 3.85. The Morgan fingerprint density at radius 2 is 2.17 bits per heavy atom. The van der Waals surface area contributed by atoms with Crippen molar-refractivity contribution in [2.24, 2.45) is 0 Å². The number of fused-ring (bicyclic) bond motifs is 1. The van der Waals surface area contributed by atoms with Crippen LogP contribution < -0.4 is 9.47 Å². The fourth-order valence-electron chi connectivity index (χ4n) is 2.51. The number of aliphatic carboxylic acids is 1. The van der Waals surface area contributed by atoms with Gasteiger partial charge >= 0.3 is 5.97 Å². The van der Waals surface area contributed by atoms with E-state index in [-0.39, 0.29) is 18.1 Å². The molecule has 0 bridgehead atoms. The number of rotatable bonds is 2. The highest BCUT2D eigenvalue weighted by molar-refractivity contribution is 9.10. The Balaban J connectivity index is 2.21. The van der Waals surface area contributed by atoms with E-state index in [2.05, 4.69) is 15.9 Å². The number of ether oxygens (including phenoxy) is 2. The molecule has 0 unspecified atom stereocenters. The molecule has 1 aromatic carbocycles. The minimum atomic E-state index is -1.14. The van der Waals surface area contributed by atoms with Gasteiger partial charge < -0.3 is 14.6 Å². The summed E-state index contributed by atoms with van der Waals surface area (Å²) < 4.78 is 25.0. The fraction of sp³-hybridized carbons (Fsp3) is 0.417. The Morgan fingerprint density at radius 1 is 1.44 bits per heavy atom. The standard InChI is InChI=1S/C12H10BrFO4/c13-6-4-7-10(18-5-17-7)9(14)8(6)12(11(15)16)2-1-3-12/h4H,1-3,5H2,(H,15,16). The molecule has 1 saturated carbocycles. The van der Waals surface area contributed by atoms with E-state index in [9.17, 15) is 14.3 Å². The summed E-state index contributed by atoms with van der Waals surface area (Å²) >= 11 is 3.24. The lowest BCUT2D eigenvalue weighted by Crippen LogP contribution is -2.43. The number of hydrogen-bond donors (Lipinski definition) is 1. The molecule has 1 aliphatic heterocycles. The van der Waals surface area contributed by atoms with Gasteiger partial charge in [-0.25, -0.2) is 4.39 Å². The van der Waals surface area contributed by atoms with E-state index in [4.69, 9.17) is 9.47 Å². The quantitative estimate of drug-likeness (QED) is 0.911. The molecular weight excluding hydrogens is 307 g/mol. The van der Waals surface area contributed by atoms with Crippen LogP contribution in [0.4, 0.5) is 4.39 Å². The van der Waals surface area contributed by atoms with E-state index in [0.29, 0.717) is 23.1 Å². The largest absolute Gasteiger partial charge is 0.481 e. The Labute approximate surface area is 111 Å². The first-order valence-corrected chi connectivity index (χ1v) is 6.37. The molecule has 0 spiro atoms. The molecule has 0 atom stereocenters. The van der Waals surface area contributed by atoms with E-state index in [1.54, 1.807) is 6.07 Å². The maximum Gasteiger partial charge on any atom is 0.314 e. The van der Waals surface area contributed by atoms with Crippen LogP contribution in [0.15, 0.2) is 10.5 Å². The summed E-state index contributed by atoms with van der Waals surface area (Å²) in [6, 6.07) is 1.57. The van der Waals surface area contributed by atoms with Crippen molar-refractivity contribution in [2.45, 2.75) is 24.7 Å². The molecule has 0 saturated heterocycles. The second-order valence-electron chi connectivity index (χ2n) is 4.52. The summed E-state index contributed by atoms with van der Waals surface area (Å²) in [5.74, 6) is -1.30. The summed E-state index contributed by atoms with van der Waals surface area (Å²) in [5, 5.41) is 9.38. The zero-order chi connectivity index (χ0) is 12.9. The number of hydrogen-bond acceptors (Lipinski definition) is 3. The molecule has 0 radical (unpaired) electrons. The van der Waals surface area contributed by atoms with Gasteiger partial charge in [0, 0.05) is 10.0 Å². The predicted octanol–water partition coefficient (Wildman–Crippen LogP) is 2.82. The van der Waals surface area contributed by atoms with Gasteiger partial charge in [-0.05, 0) is 18.9 Å². The molecule has 18 heavy (non-hydrogen) atoms. The van der Waals surface area contributed by atoms with Gasteiger partial charge in [0.05, 0.1) is 5.41 Å². The Hall–Kier alpha value is -1.30. The van der Waals surface area contributed by atoms with Crippen LogP contribution in [0.2, 0.25) is 0 Å². The molecule has 3 rings (SSSR count). The van der Waals surface area contributed by atoms with Gasteiger partial charge in [0.1, 0.15) is 0 Å². The van der Waals surface area contributed by atoms with Crippen molar-refractivity contribution in [1.82, 2.24) is 0 Å². The molecule has 96 valence electrons. The minimum absolute atomic E-state index is 0.0146. The fourth-order valence-corrected chi connectivity index (χ4v) is 3.27. The monoisotopic (exact) mass is 316 g/mol. The van der Waals surface area contributed by atoms with Crippen LogP contribution in [0.25, 0.3) is 0 Å². The lowest BCUT2D eigenvalue weighted by atomic mass is 9.64. The number of benzene rings is 1. The maximum atomic E-state index is 14.4. The van der Waals surface area contributed by atoms with Crippen LogP contribution in [0.5, 0.6) is 11.5 Å². The summed E-state index contributed by atoms with van der Waals surface area (Å²) in [4.78, 5) is 11.4. The molecule has 1 fully saturated rings. The van der Waals surface area contributed by atoms with Gasteiger partial charge in [0.2, 0.25) is 12.5 Å². The normalized spacial score (nSPS) is 19.4.